The molecule has 0 aliphatic heterocycles. The summed E-state index contributed by atoms with van der Waals surface area (Å²) in [4.78, 5) is 40.3. The molecule has 0 unspecified atom stereocenters. The Kier molecular flexibility index (Phi) is 5.18. The molecule has 2 N–H and O–H groups in total. The Balaban J connectivity index is 2.60. The molecular formula is C18H20N2O4. The number of esters is 1. The molecule has 6 heteroatoms. The largest absolute Gasteiger partial charge is 0.465 e. The summed E-state index contributed by atoms with van der Waals surface area (Å²) in [5.41, 5.74) is 2.15. The van der Waals surface area contributed by atoms with Crippen molar-refractivity contribution in [3.63, 3.8) is 0 Å². The number of aryl methyl sites for hydroxylation is 2. The van der Waals surface area contributed by atoms with Crippen LogP contribution in [-0.2, 0) is 4.74 Å². The van der Waals surface area contributed by atoms with Gasteiger partial charge in [0.25, 0.3) is 5.91 Å². The van der Waals surface area contributed by atoms with Gasteiger partial charge in [0, 0.05) is 23.5 Å². The molecule has 1 amide bonds. The van der Waals surface area contributed by atoms with Crippen LogP contribution < -0.4 is 5.32 Å². The maximum absolute atomic E-state index is 13.0. The molecule has 126 valence electrons. The van der Waals surface area contributed by atoms with Crippen LogP contribution in [0.4, 0.5) is 0 Å². The van der Waals surface area contributed by atoms with E-state index in [0.717, 1.165) is 0 Å². The summed E-state index contributed by atoms with van der Waals surface area (Å²) in [6.07, 6.45) is 0. The van der Waals surface area contributed by atoms with Crippen LogP contribution in [0.2, 0.25) is 0 Å². The van der Waals surface area contributed by atoms with Crippen molar-refractivity contribution in [3.8, 4) is 0 Å². The van der Waals surface area contributed by atoms with Gasteiger partial charge >= 0.3 is 5.97 Å². The Hall–Kier alpha value is -2.89. The summed E-state index contributed by atoms with van der Waals surface area (Å²) in [5.74, 6) is -1.30. The molecule has 6 nitrogen and oxygen atoms in total. The van der Waals surface area contributed by atoms with Gasteiger partial charge in [-0.1, -0.05) is 18.2 Å². The number of aromatic amines is 1. The molecule has 2 aromatic rings. The van der Waals surface area contributed by atoms with Crippen LogP contribution in [0, 0.1) is 13.8 Å². The lowest BCUT2D eigenvalue weighted by atomic mass is 9.95. The van der Waals surface area contributed by atoms with Gasteiger partial charge in [0.2, 0.25) is 0 Å². The zero-order valence-electron chi connectivity index (χ0n) is 14.1. The maximum atomic E-state index is 13.0. The average molecular weight is 328 g/mol. The van der Waals surface area contributed by atoms with Crippen molar-refractivity contribution >= 4 is 17.7 Å². The zero-order valence-corrected chi connectivity index (χ0v) is 14.1. The van der Waals surface area contributed by atoms with Crippen LogP contribution >= 0.6 is 0 Å². The SMILES string of the molecule is CCNC(=O)c1c(C)[nH]c(C)c1C(=O)c1ccccc1C(=O)OC. The third-order valence-corrected chi connectivity index (χ3v) is 3.74. The smallest absolute Gasteiger partial charge is 0.338 e. The third-order valence-electron chi connectivity index (χ3n) is 3.74. The lowest BCUT2D eigenvalue weighted by molar-refractivity contribution is 0.0597. The monoisotopic (exact) mass is 328 g/mol. The molecule has 0 fully saturated rings. The number of H-pyrrole nitrogens is 1. The highest BCUT2D eigenvalue weighted by Gasteiger charge is 2.27. The molecule has 0 bridgehead atoms. The molecule has 0 saturated carbocycles. The summed E-state index contributed by atoms with van der Waals surface area (Å²) in [6, 6.07) is 6.40. The number of hydrogen-bond donors (Lipinski definition) is 2. The molecule has 0 atom stereocenters. The number of ketones is 1. The second-order valence-corrected chi connectivity index (χ2v) is 5.35. The van der Waals surface area contributed by atoms with Crippen molar-refractivity contribution in [2.45, 2.75) is 20.8 Å². The van der Waals surface area contributed by atoms with Crippen molar-refractivity contribution in [2.24, 2.45) is 0 Å². The molecule has 1 heterocycles. The lowest BCUT2D eigenvalue weighted by Crippen LogP contribution is -2.25. The third kappa shape index (κ3) is 3.08. The zero-order chi connectivity index (χ0) is 17.9. The predicted octanol–water partition coefficient (Wildman–Crippen LogP) is 2.40. The van der Waals surface area contributed by atoms with Crippen molar-refractivity contribution in [3.05, 3.63) is 57.9 Å². The summed E-state index contributed by atoms with van der Waals surface area (Å²) in [6.45, 7) is 5.72. The summed E-state index contributed by atoms with van der Waals surface area (Å²) >= 11 is 0. The predicted molar refractivity (Wildman–Crippen MR) is 89.5 cm³/mol. The minimum Gasteiger partial charge on any atom is -0.465 e. The quantitative estimate of drug-likeness (QED) is 0.651. The Bertz CT molecular complexity index is 805. The second kappa shape index (κ2) is 7.12. The van der Waals surface area contributed by atoms with Crippen molar-refractivity contribution in [2.75, 3.05) is 13.7 Å². The molecule has 0 aliphatic carbocycles. The molecule has 1 aromatic carbocycles. The fourth-order valence-electron chi connectivity index (χ4n) is 2.70. The number of ether oxygens (including phenoxy) is 1. The van der Waals surface area contributed by atoms with Gasteiger partial charge in [0.05, 0.1) is 23.8 Å². The number of rotatable bonds is 5. The number of aromatic nitrogens is 1. The van der Waals surface area contributed by atoms with Crippen molar-refractivity contribution < 1.29 is 19.1 Å². The van der Waals surface area contributed by atoms with E-state index in [2.05, 4.69) is 10.3 Å². The fraction of sp³-hybridized carbons (Fsp3) is 0.278. The first-order valence-corrected chi connectivity index (χ1v) is 7.61. The summed E-state index contributed by atoms with van der Waals surface area (Å²) in [5, 5.41) is 2.71. The Morgan fingerprint density at radius 3 is 2.21 bits per heavy atom. The van der Waals surface area contributed by atoms with Crippen molar-refractivity contribution in [1.29, 1.82) is 0 Å². The van der Waals surface area contributed by atoms with E-state index in [1.54, 1.807) is 39.0 Å². The fourth-order valence-corrected chi connectivity index (χ4v) is 2.70. The van der Waals surface area contributed by atoms with Gasteiger partial charge in [-0.25, -0.2) is 4.79 Å². The number of benzene rings is 1. The lowest BCUT2D eigenvalue weighted by Gasteiger charge is -2.09. The van der Waals surface area contributed by atoms with Crippen LogP contribution in [-0.4, -0.2) is 36.3 Å². The number of hydrogen-bond acceptors (Lipinski definition) is 4. The standard InChI is InChI=1S/C18H20N2O4/c1-5-19-17(22)15-11(3)20-10(2)14(15)16(21)12-8-6-7-9-13(12)18(23)24-4/h6-9,20H,5H2,1-4H3,(H,19,22). The molecule has 0 saturated heterocycles. The van der Waals surface area contributed by atoms with Gasteiger partial charge in [0.15, 0.2) is 5.78 Å². The molecular weight excluding hydrogens is 308 g/mol. The van der Waals surface area contributed by atoms with E-state index in [4.69, 9.17) is 4.74 Å². The van der Waals surface area contributed by atoms with E-state index in [-0.39, 0.29) is 28.4 Å². The Morgan fingerprint density at radius 1 is 1.04 bits per heavy atom. The first kappa shape index (κ1) is 17.5. The summed E-state index contributed by atoms with van der Waals surface area (Å²) < 4.78 is 4.74. The van der Waals surface area contributed by atoms with E-state index in [0.29, 0.717) is 23.5 Å². The van der Waals surface area contributed by atoms with Crippen molar-refractivity contribution in [1.82, 2.24) is 10.3 Å². The second-order valence-electron chi connectivity index (χ2n) is 5.35. The van der Waals surface area contributed by atoms with Gasteiger partial charge in [0.1, 0.15) is 0 Å². The number of methoxy groups -OCH3 is 1. The Labute approximate surface area is 140 Å². The summed E-state index contributed by atoms with van der Waals surface area (Å²) in [7, 11) is 1.26. The molecule has 0 spiro atoms. The van der Waals surface area contributed by atoms with Gasteiger partial charge in [-0.15, -0.1) is 0 Å². The van der Waals surface area contributed by atoms with Gasteiger partial charge in [-0.3, -0.25) is 9.59 Å². The van der Waals surface area contributed by atoms with Gasteiger partial charge in [-0.2, -0.15) is 0 Å². The van der Waals surface area contributed by atoms with E-state index < -0.39 is 5.97 Å². The minimum absolute atomic E-state index is 0.171. The van der Waals surface area contributed by atoms with Crippen LogP contribution in [0.25, 0.3) is 0 Å². The molecule has 1 aromatic heterocycles. The van der Waals surface area contributed by atoms with Crippen LogP contribution in [0.1, 0.15) is 54.9 Å². The number of carbonyl (C=O) groups excluding carboxylic acids is 3. The van der Waals surface area contributed by atoms with Crippen LogP contribution in [0.5, 0.6) is 0 Å². The normalized spacial score (nSPS) is 10.3. The average Bonchev–Trinajstić information content (AvgIpc) is 2.87. The molecule has 0 radical (unpaired) electrons. The van der Waals surface area contributed by atoms with E-state index in [1.807, 2.05) is 0 Å². The first-order chi connectivity index (χ1) is 11.4. The van der Waals surface area contributed by atoms with Crippen LogP contribution in [0.3, 0.4) is 0 Å². The first-order valence-electron chi connectivity index (χ1n) is 7.61. The number of amides is 1. The van der Waals surface area contributed by atoms with Gasteiger partial charge < -0.3 is 15.0 Å². The topological polar surface area (TPSA) is 88.3 Å². The Morgan fingerprint density at radius 2 is 1.62 bits per heavy atom. The highest BCUT2D eigenvalue weighted by Crippen LogP contribution is 2.24. The van der Waals surface area contributed by atoms with Gasteiger partial charge in [-0.05, 0) is 26.8 Å². The number of carbonyl (C=O) groups is 3. The number of nitrogens with one attached hydrogen (secondary N) is 2. The van der Waals surface area contributed by atoms with E-state index >= 15 is 0 Å². The van der Waals surface area contributed by atoms with E-state index in [9.17, 15) is 14.4 Å². The van der Waals surface area contributed by atoms with Crippen LogP contribution in [0.15, 0.2) is 24.3 Å². The molecule has 24 heavy (non-hydrogen) atoms. The molecule has 2 rings (SSSR count). The minimum atomic E-state index is -0.594. The highest BCUT2D eigenvalue weighted by molar-refractivity contribution is 6.19. The van der Waals surface area contributed by atoms with E-state index in [1.165, 1.54) is 13.2 Å². The molecule has 0 aliphatic rings. The maximum Gasteiger partial charge on any atom is 0.338 e. The highest BCUT2D eigenvalue weighted by atomic mass is 16.5.